The molecule has 2 N–H and O–H groups in total. The largest absolute Gasteiger partial charge is 0.396 e. The maximum atomic E-state index is 8.81. The highest BCUT2D eigenvalue weighted by Gasteiger charge is 2.17. The zero-order valence-electron chi connectivity index (χ0n) is 11.2. The molecule has 19 heavy (non-hydrogen) atoms. The van der Waals surface area contributed by atoms with Crippen LogP contribution in [-0.4, -0.2) is 42.4 Å². The lowest BCUT2D eigenvalue weighted by atomic mass is 10.1. The number of nitrogens with zero attached hydrogens (tertiary/aromatic N) is 2. The average molecular weight is 328 g/mol. The zero-order valence-corrected chi connectivity index (χ0v) is 12.8. The van der Waals surface area contributed by atoms with Gasteiger partial charge in [-0.2, -0.15) is 0 Å². The molecule has 5 heteroatoms. The van der Waals surface area contributed by atoms with E-state index in [1.165, 1.54) is 12.8 Å². The Kier molecular flexibility index (Phi) is 6.07. The summed E-state index contributed by atoms with van der Waals surface area (Å²) < 4.78 is 0.895. The van der Waals surface area contributed by atoms with Crippen molar-refractivity contribution < 1.29 is 5.11 Å². The van der Waals surface area contributed by atoms with Crippen LogP contribution in [0, 0.1) is 0 Å². The zero-order chi connectivity index (χ0) is 13.5. The van der Waals surface area contributed by atoms with Gasteiger partial charge in [-0.3, -0.25) is 0 Å². The Morgan fingerprint density at radius 1 is 1.37 bits per heavy atom. The molecule has 0 spiro atoms. The summed E-state index contributed by atoms with van der Waals surface area (Å²) in [5, 5.41) is 12.3. The van der Waals surface area contributed by atoms with Crippen LogP contribution in [-0.2, 0) is 0 Å². The molecule has 106 valence electrons. The number of anilines is 1. The van der Waals surface area contributed by atoms with Gasteiger partial charge in [0.25, 0.3) is 0 Å². The van der Waals surface area contributed by atoms with Crippen LogP contribution in [0.25, 0.3) is 0 Å². The molecular weight excluding hydrogens is 306 g/mol. The summed E-state index contributed by atoms with van der Waals surface area (Å²) in [5.74, 6) is 1.06. The molecule has 1 saturated heterocycles. The second-order valence-corrected chi connectivity index (χ2v) is 5.78. The number of rotatable bonds is 5. The van der Waals surface area contributed by atoms with Crippen molar-refractivity contribution in [1.29, 1.82) is 0 Å². The molecule has 0 aliphatic carbocycles. The van der Waals surface area contributed by atoms with E-state index in [4.69, 9.17) is 5.11 Å². The SMILES string of the molecule is OCCCN[C@H]1CCCN(c2cccc(Br)n2)CC1. The Labute approximate surface area is 123 Å². The first-order valence-electron chi connectivity index (χ1n) is 7.01. The van der Waals surface area contributed by atoms with Gasteiger partial charge in [0.2, 0.25) is 0 Å². The first-order chi connectivity index (χ1) is 9.29. The molecular formula is C14H22BrN3O. The molecule has 0 radical (unpaired) electrons. The first-order valence-corrected chi connectivity index (χ1v) is 7.80. The number of aliphatic hydroxyl groups excluding tert-OH is 1. The highest BCUT2D eigenvalue weighted by atomic mass is 79.9. The van der Waals surface area contributed by atoms with Crippen molar-refractivity contribution in [2.45, 2.75) is 31.7 Å². The van der Waals surface area contributed by atoms with Crippen molar-refractivity contribution in [3.63, 3.8) is 0 Å². The van der Waals surface area contributed by atoms with Gasteiger partial charge in [0.05, 0.1) is 0 Å². The summed E-state index contributed by atoms with van der Waals surface area (Å²) in [6.45, 7) is 3.30. The minimum Gasteiger partial charge on any atom is -0.396 e. The second kappa shape index (κ2) is 7.82. The molecule has 4 nitrogen and oxygen atoms in total. The van der Waals surface area contributed by atoms with Gasteiger partial charge >= 0.3 is 0 Å². The van der Waals surface area contributed by atoms with Gasteiger partial charge in [-0.25, -0.2) is 4.98 Å². The third kappa shape index (κ3) is 4.75. The van der Waals surface area contributed by atoms with Gasteiger partial charge in [0.1, 0.15) is 10.4 Å². The van der Waals surface area contributed by atoms with Crippen molar-refractivity contribution in [2.75, 3.05) is 31.1 Å². The lowest BCUT2D eigenvalue weighted by molar-refractivity contribution is 0.282. The fourth-order valence-corrected chi connectivity index (χ4v) is 2.82. The van der Waals surface area contributed by atoms with Gasteiger partial charge in [0.15, 0.2) is 0 Å². The summed E-state index contributed by atoms with van der Waals surface area (Å²) in [4.78, 5) is 6.89. The number of pyridine rings is 1. The van der Waals surface area contributed by atoms with Crippen LogP contribution in [0.1, 0.15) is 25.7 Å². The maximum absolute atomic E-state index is 8.81. The molecule has 2 heterocycles. The van der Waals surface area contributed by atoms with Crippen LogP contribution in [0.4, 0.5) is 5.82 Å². The Hall–Kier alpha value is -0.650. The van der Waals surface area contributed by atoms with Gasteiger partial charge < -0.3 is 15.3 Å². The van der Waals surface area contributed by atoms with E-state index >= 15 is 0 Å². The second-order valence-electron chi connectivity index (χ2n) is 4.96. The normalized spacial score (nSPS) is 20.3. The van der Waals surface area contributed by atoms with Crippen molar-refractivity contribution >= 4 is 21.7 Å². The lowest BCUT2D eigenvalue weighted by Gasteiger charge is -2.22. The van der Waals surface area contributed by atoms with Crippen LogP contribution < -0.4 is 10.2 Å². The fraction of sp³-hybridized carbons (Fsp3) is 0.643. The van der Waals surface area contributed by atoms with E-state index in [0.717, 1.165) is 42.9 Å². The number of hydrogen-bond acceptors (Lipinski definition) is 4. The topological polar surface area (TPSA) is 48.4 Å². The molecule has 0 bridgehead atoms. The molecule has 0 saturated carbocycles. The number of hydrogen-bond donors (Lipinski definition) is 2. The van der Waals surface area contributed by atoms with Crippen LogP contribution in [0.5, 0.6) is 0 Å². The van der Waals surface area contributed by atoms with Crippen LogP contribution in [0.15, 0.2) is 22.8 Å². The van der Waals surface area contributed by atoms with Gasteiger partial charge in [-0.1, -0.05) is 6.07 Å². The molecule has 1 aliphatic rings. The van der Waals surface area contributed by atoms with E-state index in [1.807, 2.05) is 12.1 Å². The highest BCUT2D eigenvalue weighted by Crippen LogP contribution is 2.19. The predicted octanol–water partition coefficient (Wildman–Crippen LogP) is 2.17. The molecule has 1 fully saturated rings. The van der Waals surface area contributed by atoms with Crippen molar-refractivity contribution in [3.8, 4) is 0 Å². The van der Waals surface area contributed by atoms with Crippen LogP contribution >= 0.6 is 15.9 Å². The van der Waals surface area contributed by atoms with E-state index in [0.29, 0.717) is 6.04 Å². The monoisotopic (exact) mass is 327 g/mol. The lowest BCUT2D eigenvalue weighted by Crippen LogP contribution is -2.32. The predicted molar refractivity (Wildman–Crippen MR) is 81.5 cm³/mol. The smallest absolute Gasteiger partial charge is 0.129 e. The Bertz CT molecular complexity index is 389. The highest BCUT2D eigenvalue weighted by molar-refractivity contribution is 9.10. The van der Waals surface area contributed by atoms with E-state index in [-0.39, 0.29) is 6.61 Å². The van der Waals surface area contributed by atoms with Crippen LogP contribution in [0.3, 0.4) is 0 Å². The van der Waals surface area contributed by atoms with Crippen LogP contribution in [0.2, 0.25) is 0 Å². The molecule has 0 aromatic carbocycles. The molecule has 1 aliphatic heterocycles. The fourth-order valence-electron chi connectivity index (χ4n) is 2.49. The minimum absolute atomic E-state index is 0.272. The third-order valence-corrected chi connectivity index (χ3v) is 3.96. The standard InChI is InChI=1S/C14H22BrN3O/c15-13-5-1-6-14(17-13)18-9-2-4-12(7-10-18)16-8-3-11-19/h1,5-6,12,16,19H,2-4,7-11H2/t12-/m0/s1. The van der Waals surface area contributed by atoms with E-state index < -0.39 is 0 Å². The molecule has 0 amide bonds. The molecule has 2 rings (SSSR count). The third-order valence-electron chi connectivity index (χ3n) is 3.52. The van der Waals surface area contributed by atoms with E-state index in [1.54, 1.807) is 0 Å². The number of halogens is 1. The van der Waals surface area contributed by atoms with Crippen molar-refractivity contribution in [2.24, 2.45) is 0 Å². The maximum Gasteiger partial charge on any atom is 0.129 e. The number of aliphatic hydroxyl groups is 1. The minimum atomic E-state index is 0.272. The quantitative estimate of drug-likeness (QED) is 0.642. The summed E-state index contributed by atoms with van der Waals surface area (Å²) in [6.07, 6.45) is 4.37. The Balaban J connectivity index is 1.86. The number of nitrogens with one attached hydrogen (secondary N) is 1. The summed E-state index contributed by atoms with van der Waals surface area (Å²) >= 11 is 3.43. The van der Waals surface area contributed by atoms with Gasteiger partial charge in [-0.15, -0.1) is 0 Å². The molecule has 1 aromatic heterocycles. The first kappa shape index (κ1) is 14.8. The average Bonchev–Trinajstić information content (AvgIpc) is 2.65. The Morgan fingerprint density at radius 3 is 3.05 bits per heavy atom. The summed E-state index contributed by atoms with van der Waals surface area (Å²) in [7, 11) is 0. The molecule has 0 unspecified atom stereocenters. The van der Waals surface area contributed by atoms with Gasteiger partial charge in [-0.05, 0) is 60.3 Å². The van der Waals surface area contributed by atoms with E-state index in [2.05, 4.69) is 37.2 Å². The van der Waals surface area contributed by atoms with E-state index in [9.17, 15) is 0 Å². The van der Waals surface area contributed by atoms with Crippen molar-refractivity contribution in [3.05, 3.63) is 22.8 Å². The molecule has 1 atom stereocenters. The number of aromatic nitrogens is 1. The Morgan fingerprint density at radius 2 is 2.26 bits per heavy atom. The summed E-state index contributed by atoms with van der Waals surface area (Å²) in [6, 6.07) is 6.64. The molecule has 1 aromatic rings. The van der Waals surface area contributed by atoms with Gasteiger partial charge in [0, 0.05) is 25.7 Å². The van der Waals surface area contributed by atoms with Crippen molar-refractivity contribution in [1.82, 2.24) is 10.3 Å². The summed E-state index contributed by atoms with van der Waals surface area (Å²) in [5.41, 5.74) is 0.